The predicted octanol–water partition coefficient (Wildman–Crippen LogP) is 3.66. The maximum atomic E-state index is 11.4. The summed E-state index contributed by atoms with van der Waals surface area (Å²) in [5, 5.41) is 0. The first-order chi connectivity index (χ1) is 9.54. The molecule has 2 aromatic carbocycles. The Morgan fingerprint density at radius 2 is 1.60 bits per heavy atom. The summed E-state index contributed by atoms with van der Waals surface area (Å²) in [6.07, 6.45) is 7.45. The molecule has 0 N–H and O–H groups in total. The summed E-state index contributed by atoms with van der Waals surface area (Å²) in [7, 11) is -3.13. The molecule has 0 aromatic heterocycles. The Bertz CT molecular complexity index is 810. The third-order valence-electron chi connectivity index (χ3n) is 3.34. The number of allylic oxidation sites excluding steroid dienone is 2. The van der Waals surface area contributed by atoms with Gasteiger partial charge in [-0.05, 0) is 40.5 Å². The van der Waals surface area contributed by atoms with Gasteiger partial charge in [0.05, 0.1) is 4.90 Å². The normalized spacial score (nSPS) is 15.6. The molecule has 3 rings (SSSR count). The Kier molecular flexibility index (Phi) is 3.07. The zero-order valence-corrected chi connectivity index (χ0v) is 11.9. The molecule has 20 heavy (non-hydrogen) atoms. The summed E-state index contributed by atoms with van der Waals surface area (Å²) < 4.78 is 22.9. The van der Waals surface area contributed by atoms with Crippen LogP contribution in [-0.4, -0.2) is 14.7 Å². The Labute approximate surface area is 119 Å². The summed E-state index contributed by atoms with van der Waals surface area (Å²) in [5.41, 5.74) is 4.56. The van der Waals surface area contributed by atoms with Crippen molar-refractivity contribution in [2.75, 3.05) is 6.26 Å². The van der Waals surface area contributed by atoms with E-state index in [1.54, 1.807) is 12.1 Å². The van der Waals surface area contributed by atoms with Gasteiger partial charge in [-0.25, -0.2) is 8.42 Å². The second-order valence-corrected chi connectivity index (χ2v) is 6.88. The molecule has 0 atom stereocenters. The fourth-order valence-corrected chi connectivity index (χ4v) is 2.92. The second kappa shape index (κ2) is 4.76. The van der Waals surface area contributed by atoms with Crippen LogP contribution in [0.1, 0.15) is 16.7 Å². The van der Waals surface area contributed by atoms with E-state index in [4.69, 9.17) is 0 Å². The van der Waals surface area contributed by atoms with Gasteiger partial charge in [0.15, 0.2) is 9.84 Å². The van der Waals surface area contributed by atoms with Crippen LogP contribution in [0.15, 0.2) is 59.5 Å². The van der Waals surface area contributed by atoms with Crippen LogP contribution in [0.5, 0.6) is 0 Å². The standard InChI is InChI=1S/C17H14O2S/c1-20(18,19)16-10-6-13(7-11-16)12-15-9-8-14-4-2-3-5-17(14)15/h2-12H,1H3/b15-12+. The van der Waals surface area contributed by atoms with E-state index in [1.165, 1.54) is 17.4 Å². The molecule has 1 aliphatic carbocycles. The van der Waals surface area contributed by atoms with Crippen LogP contribution in [-0.2, 0) is 9.84 Å². The third-order valence-corrected chi connectivity index (χ3v) is 4.47. The Morgan fingerprint density at radius 1 is 0.900 bits per heavy atom. The van der Waals surface area contributed by atoms with Gasteiger partial charge in [-0.15, -0.1) is 0 Å². The van der Waals surface area contributed by atoms with Crippen LogP contribution >= 0.6 is 0 Å². The Balaban J connectivity index is 1.97. The quantitative estimate of drug-likeness (QED) is 0.842. The molecule has 0 spiro atoms. The largest absolute Gasteiger partial charge is 0.224 e. The lowest BCUT2D eigenvalue weighted by Gasteiger charge is -2.02. The van der Waals surface area contributed by atoms with E-state index in [2.05, 4.69) is 30.4 Å². The van der Waals surface area contributed by atoms with Crippen LogP contribution in [0.25, 0.3) is 17.7 Å². The van der Waals surface area contributed by atoms with E-state index in [1.807, 2.05) is 24.3 Å². The number of hydrogen-bond acceptors (Lipinski definition) is 2. The molecular formula is C17H14O2S. The maximum absolute atomic E-state index is 11.4. The lowest BCUT2D eigenvalue weighted by atomic mass is 10.0. The smallest absolute Gasteiger partial charge is 0.175 e. The van der Waals surface area contributed by atoms with Crippen molar-refractivity contribution < 1.29 is 8.42 Å². The van der Waals surface area contributed by atoms with Crippen LogP contribution in [0.2, 0.25) is 0 Å². The van der Waals surface area contributed by atoms with Crippen LogP contribution in [0.3, 0.4) is 0 Å². The summed E-state index contributed by atoms with van der Waals surface area (Å²) in [5.74, 6) is 0. The molecule has 0 saturated heterocycles. The fraction of sp³-hybridized carbons (Fsp3) is 0.0588. The first-order valence-corrected chi connectivity index (χ1v) is 8.22. The fourth-order valence-electron chi connectivity index (χ4n) is 2.29. The molecular weight excluding hydrogens is 268 g/mol. The molecule has 2 aromatic rings. The van der Waals surface area contributed by atoms with Crippen molar-refractivity contribution in [1.29, 1.82) is 0 Å². The van der Waals surface area contributed by atoms with Gasteiger partial charge in [0.1, 0.15) is 0 Å². The van der Waals surface area contributed by atoms with E-state index in [0.717, 1.165) is 11.1 Å². The van der Waals surface area contributed by atoms with Crippen molar-refractivity contribution in [3.05, 3.63) is 71.3 Å². The van der Waals surface area contributed by atoms with Gasteiger partial charge in [-0.2, -0.15) is 0 Å². The molecule has 100 valence electrons. The van der Waals surface area contributed by atoms with Crippen molar-refractivity contribution in [2.24, 2.45) is 0 Å². The number of benzene rings is 2. The van der Waals surface area contributed by atoms with Crippen molar-refractivity contribution in [3.63, 3.8) is 0 Å². The summed E-state index contributed by atoms with van der Waals surface area (Å²) >= 11 is 0. The summed E-state index contributed by atoms with van der Waals surface area (Å²) in [6.45, 7) is 0. The van der Waals surface area contributed by atoms with Gasteiger partial charge >= 0.3 is 0 Å². The minimum absolute atomic E-state index is 0.349. The van der Waals surface area contributed by atoms with E-state index in [9.17, 15) is 8.42 Å². The predicted molar refractivity (Wildman–Crippen MR) is 82.9 cm³/mol. The van der Waals surface area contributed by atoms with Crippen molar-refractivity contribution in [1.82, 2.24) is 0 Å². The van der Waals surface area contributed by atoms with E-state index in [0.29, 0.717) is 4.90 Å². The third kappa shape index (κ3) is 2.45. The van der Waals surface area contributed by atoms with Crippen LogP contribution in [0.4, 0.5) is 0 Å². The van der Waals surface area contributed by atoms with E-state index in [-0.39, 0.29) is 0 Å². The molecule has 0 radical (unpaired) electrons. The van der Waals surface area contributed by atoms with Gasteiger partial charge in [-0.3, -0.25) is 0 Å². The second-order valence-electron chi connectivity index (χ2n) is 4.86. The first-order valence-electron chi connectivity index (χ1n) is 6.33. The summed E-state index contributed by atoms with van der Waals surface area (Å²) in [6, 6.07) is 15.2. The molecule has 0 bridgehead atoms. The molecule has 0 aliphatic heterocycles. The van der Waals surface area contributed by atoms with Crippen LogP contribution in [0, 0.1) is 0 Å². The van der Waals surface area contributed by atoms with E-state index >= 15 is 0 Å². The SMILES string of the molecule is CS(=O)(=O)c1ccc(/C=C2\C=Cc3ccccc32)cc1. The highest BCUT2D eigenvalue weighted by atomic mass is 32.2. The average molecular weight is 282 g/mol. The topological polar surface area (TPSA) is 34.1 Å². The maximum Gasteiger partial charge on any atom is 0.175 e. The average Bonchev–Trinajstić information content (AvgIpc) is 2.82. The monoisotopic (exact) mass is 282 g/mol. The van der Waals surface area contributed by atoms with Gasteiger partial charge in [0.2, 0.25) is 0 Å². The van der Waals surface area contributed by atoms with Gasteiger partial charge in [-0.1, -0.05) is 48.6 Å². The molecule has 0 unspecified atom stereocenters. The zero-order valence-electron chi connectivity index (χ0n) is 11.1. The molecule has 0 fully saturated rings. The van der Waals surface area contributed by atoms with Gasteiger partial charge in [0.25, 0.3) is 0 Å². The highest BCUT2D eigenvalue weighted by molar-refractivity contribution is 7.90. The zero-order chi connectivity index (χ0) is 14.2. The van der Waals surface area contributed by atoms with Crippen molar-refractivity contribution >= 4 is 27.6 Å². The number of hydrogen-bond donors (Lipinski definition) is 0. The number of fused-ring (bicyclic) bond motifs is 1. The lowest BCUT2D eigenvalue weighted by molar-refractivity contribution is 0.602. The van der Waals surface area contributed by atoms with Crippen molar-refractivity contribution in [2.45, 2.75) is 4.90 Å². The highest BCUT2D eigenvalue weighted by Crippen LogP contribution is 2.30. The van der Waals surface area contributed by atoms with Gasteiger partial charge in [0, 0.05) is 6.26 Å². The molecule has 3 heteroatoms. The Morgan fingerprint density at radius 3 is 2.30 bits per heavy atom. The molecule has 0 heterocycles. The Hall–Kier alpha value is -2.13. The lowest BCUT2D eigenvalue weighted by Crippen LogP contribution is -1.96. The number of rotatable bonds is 2. The first kappa shape index (κ1) is 12.9. The minimum Gasteiger partial charge on any atom is -0.224 e. The summed E-state index contributed by atoms with van der Waals surface area (Å²) in [4.78, 5) is 0.349. The molecule has 1 aliphatic rings. The molecule has 0 saturated carbocycles. The minimum atomic E-state index is -3.13. The molecule has 2 nitrogen and oxygen atoms in total. The van der Waals surface area contributed by atoms with E-state index < -0.39 is 9.84 Å². The number of sulfone groups is 1. The van der Waals surface area contributed by atoms with Crippen molar-refractivity contribution in [3.8, 4) is 0 Å². The highest BCUT2D eigenvalue weighted by Gasteiger charge is 2.10. The molecule has 0 amide bonds. The van der Waals surface area contributed by atoms with Crippen LogP contribution < -0.4 is 0 Å². The van der Waals surface area contributed by atoms with Gasteiger partial charge < -0.3 is 0 Å².